The summed E-state index contributed by atoms with van der Waals surface area (Å²) in [6.07, 6.45) is 1.01. The van der Waals surface area contributed by atoms with Crippen LogP contribution < -0.4 is 10.1 Å². The zero-order chi connectivity index (χ0) is 16.8. The molecule has 0 bridgehead atoms. The van der Waals surface area contributed by atoms with Crippen LogP contribution in [-0.2, 0) is 4.79 Å². The van der Waals surface area contributed by atoms with Gasteiger partial charge in [-0.3, -0.25) is 4.79 Å². The van der Waals surface area contributed by atoms with Gasteiger partial charge >= 0.3 is 0 Å². The van der Waals surface area contributed by atoms with E-state index in [9.17, 15) is 4.79 Å². The summed E-state index contributed by atoms with van der Waals surface area (Å²) < 4.78 is 5.68. The Morgan fingerprint density at radius 2 is 1.96 bits per heavy atom. The molecule has 23 heavy (non-hydrogen) atoms. The van der Waals surface area contributed by atoms with E-state index in [-0.39, 0.29) is 12.5 Å². The summed E-state index contributed by atoms with van der Waals surface area (Å²) >= 11 is 11.9. The molecule has 2 rings (SSSR count). The second-order valence-corrected chi connectivity index (χ2v) is 6.15. The molecule has 1 atom stereocenters. The van der Waals surface area contributed by atoms with E-state index in [4.69, 9.17) is 27.9 Å². The summed E-state index contributed by atoms with van der Waals surface area (Å²) in [5, 5.41) is 3.63. The number of hydrogen-bond donors (Lipinski definition) is 1. The fraction of sp³-hybridized carbons (Fsp3) is 0.278. The quantitative estimate of drug-likeness (QED) is 0.743. The van der Waals surface area contributed by atoms with Gasteiger partial charge in [0.25, 0.3) is 5.91 Å². The number of amides is 1. The van der Waals surface area contributed by atoms with Gasteiger partial charge in [0.1, 0.15) is 5.75 Å². The van der Waals surface area contributed by atoms with Gasteiger partial charge in [-0.1, -0.05) is 55.2 Å². The Bertz CT molecular complexity index is 688. The molecular formula is C18H19Cl2NO2. The molecular weight excluding hydrogens is 333 g/mol. The molecule has 2 aromatic carbocycles. The van der Waals surface area contributed by atoms with Crippen molar-refractivity contribution in [2.75, 3.05) is 11.9 Å². The van der Waals surface area contributed by atoms with Gasteiger partial charge < -0.3 is 10.1 Å². The van der Waals surface area contributed by atoms with Gasteiger partial charge in [0.2, 0.25) is 0 Å². The maximum absolute atomic E-state index is 12.0. The van der Waals surface area contributed by atoms with Gasteiger partial charge in [0, 0.05) is 5.02 Å². The number of carbonyl (C=O) groups excluding carboxylic acids is 1. The van der Waals surface area contributed by atoms with Crippen molar-refractivity contribution in [1.82, 2.24) is 0 Å². The number of halogens is 2. The van der Waals surface area contributed by atoms with Crippen LogP contribution in [0.25, 0.3) is 0 Å². The predicted molar refractivity (Wildman–Crippen MR) is 95.7 cm³/mol. The maximum Gasteiger partial charge on any atom is 0.262 e. The number of anilines is 1. The molecule has 5 heteroatoms. The number of rotatable bonds is 6. The highest BCUT2D eigenvalue weighted by molar-refractivity contribution is 6.36. The molecule has 0 aromatic heterocycles. The van der Waals surface area contributed by atoms with Crippen LogP contribution in [0.4, 0.5) is 5.69 Å². The molecule has 3 nitrogen and oxygen atoms in total. The molecule has 122 valence electrons. The summed E-state index contributed by atoms with van der Waals surface area (Å²) in [6, 6.07) is 12.7. The normalized spacial score (nSPS) is 11.8. The van der Waals surface area contributed by atoms with E-state index in [1.165, 1.54) is 0 Å². The molecule has 1 unspecified atom stereocenters. The Balaban J connectivity index is 2.00. The topological polar surface area (TPSA) is 38.3 Å². The average Bonchev–Trinajstić information content (AvgIpc) is 2.55. The summed E-state index contributed by atoms with van der Waals surface area (Å²) in [5.41, 5.74) is 1.62. The number of nitrogens with one attached hydrogen (secondary N) is 1. The smallest absolute Gasteiger partial charge is 0.262 e. The Hall–Kier alpha value is -1.71. The third-order valence-electron chi connectivity index (χ3n) is 3.63. The Morgan fingerprint density at radius 1 is 1.22 bits per heavy atom. The van der Waals surface area contributed by atoms with Gasteiger partial charge in [-0.2, -0.15) is 0 Å². The van der Waals surface area contributed by atoms with Crippen molar-refractivity contribution in [2.45, 2.75) is 26.2 Å². The van der Waals surface area contributed by atoms with Crippen LogP contribution in [-0.4, -0.2) is 12.5 Å². The zero-order valence-corrected chi connectivity index (χ0v) is 14.6. The van der Waals surface area contributed by atoms with E-state index in [1.807, 2.05) is 24.3 Å². The van der Waals surface area contributed by atoms with E-state index in [2.05, 4.69) is 19.2 Å². The van der Waals surface area contributed by atoms with Gasteiger partial charge in [-0.05, 0) is 42.2 Å². The van der Waals surface area contributed by atoms with Crippen LogP contribution in [0.5, 0.6) is 5.75 Å². The van der Waals surface area contributed by atoms with Crippen molar-refractivity contribution in [2.24, 2.45) is 0 Å². The highest BCUT2D eigenvalue weighted by atomic mass is 35.5. The second kappa shape index (κ2) is 8.23. The lowest BCUT2D eigenvalue weighted by atomic mass is 9.98. The molecule has 0 saturated carbocycles. The van der Waals surface area contributed by atoms with Crippen molar-refractivity contribution in [3.05, 3.63) is 58.1 Å². The summed E-state index contributed by atoms with van der Waals surface area (Å²) in [5.74, 6) is 0.840. The Morgan fingerprint density at radius 3 is 2.65 bits per heavy atom. The number of hydrogen-bond acceptors (Lipinski definition) is 2. The highest BCUT2D eigenvalue weighted by Crippen LogP contribution is 2.28. The lowest BCUT2D eigenvalue weighted by Crippen LogP contribution is -2.20. The first-order valence-electron chi connectivity index (χ1n) is 7.48. The van der Waals surface area contributed by atoms with Crippen molar-refractivity contribution in [1.29, 1.82) is 0 Å². The van der Waals surface area contributed by atoms with E-state index in [0.29, 0.717) is 21.7 Å². The largest absolute Gasteiger partial charge is 0.483 e. The van der Waals surface area contributed by atoms with Crippen molar-refractivity contribution in [3.63, 3.8) is 0 Å². The van der Waals surface area contributed by atoms with Crippen LogP contribution in [0.2, 0.25) is 10.0 Å². The number of benzene rings is 2. The van der Waals surface area contributed by atoms with E-state index in [1.54, 1.807) is 18.2 Å². The van der Waals surface area contributed by atoms with Crippen molar-refractivity contribution >= 4 is 34.8 Å². The monoisotopic (exact) mass is 351 g/mol. The first kappa shape index (κ1) is 17.6. The van der Waals surface area contributed by atoms with Crippen LogP contribution >= 0.6 is 23.2 Å². The highest BCUT2D eigenvalue weighted by Gasteiger charge is 2.12. The molecule has 0 aliphatic heterocycles. The van der Waals surface area contributed by atoms with E-state index < -0.39 is 0 Å². The molecule has 0 radical (unpaired) electrons. The SMILES string of the molecule is CCC(C)c1ccccc1OCC(=O)Nc1ccc(Cl)cc1Cl. The molecule has 0 aliphatic rings. The lowest BCUT2D eigenvalue weighted by molar-refractivity contribution is -0.118. The minimum Gasteiger partial charge on any atom is -0.483 e. The average molecular weight is 352 g/mol. The number of carbonyl (C=O) groups is 1. The van der Waals surface area contributed by atoms with E-state index >= 15 is 0 Å². The van der Waals surface area contributed by atoms with Gasteiger partial charge in [0.05, 0.1) is 10.7 Å². The van der Waals surface area contributed by atoms with Crippen molar-refractivity contribution in [3.8, 4) is 5.75 Å². The van der Waals surface area contributed by atoms with Gasteiger partial charge in [-0.15, -0.1) is 0 Å². The number of para-hydroxylation sites is 1. The first-order chi connectivity index (χ1) is 11.0. The third-order valence-corrected chi connectivity index (χ3v) is 4.17. The third kappa shape index (κ3) is 4.88. The summed E-state index contributed by atoms with van der Waals surface area (Å²) in [4.78, 5) is 12.0. The van der Waals surface area contributed by atoms with Crippen LogP contribution in [0.15, 0.2) is 42.5 Å². The van der Waals surface area contributed by atoms with Crippen molar-refractivity contribution < 1.29 is 9.53 Å². The fourth-order valence-electron chi connectivity index (χ4n) is 2.16. The van der Waals surface area contributed by atoms with Gasteiger partial charge in [0.15, 0.2) is 6.61 Å². The minimum absolute atomic E-state index is 0.0770. The maximum atomic E-state index is 12.0. The van der Waals surface area contributed by atoms with Gasteiger partial charge in [-0.25, -0.2) is 0 Å². The van der Waals surface area contributed by atoms with Crippen LogP contribution in [0, 0.1) is 0 Å². The Kier molecular flexibility index (Phi) is 6.31. The Labute approximate surface area is 146 Å². The van der Waals surface area contributed by atoms with E-state index in [0.717, 1.165) is 17.7 Å². The molecule has 2 aromatic rings. The fourth-order valence-corrected chi connectivity index (χ4v) is 2.62. The molecule has 0 heterocycles. The minimum atomic E-state index is -0.270. The van der Waals surface area contributed by atoms with Crippen LogP contribution in [0.1, 0.15) is 31.7 Å². The molecule has 0 fully saturated rings. The molecule has 0 spiro atoms. The number of ether oxygens (including phenoxy) is 1. The predicted octanol–water partition coefficient (Wildman–Crippen LogP) is 5.52. The molecule has 1 amide bonds. The molecule has 1 N–H and O–H groups in total. The second-order valence-electron chi connectivity index (χ2n) is 5.31. The lowest BCUT2D eigenvalue weighted by Gasteiger charge is -2.15. The summed E-state index contributed by atoms with van der Waals surface area (Å²) in [6.45, 7) is 4.18. The zero-order valence-electron chi connectivity index (χ0n) is 13.1. The molecule has 0 saturated heterocycles. The van der Waals surface area contributed by atoms with Crippen LogP contribution in [0.3, 0.4) is 0 Å². The first-order valence-corrected chi connectivity index (χ1v) is 8.23. The molecule has 0 aliphatic carbocycles. The summed E-state index contributed by atoms with van der Waals surface area (Å²) in [7, 11) is 0. The standard InChI is InChI=1S/C18H19Cl2NO2/c1-3-12(2)14-6-4-5-7-17(14)23-11-18(22)21-16-9-8-13(19)10-15(16)20/h4-10,12H,3,11H2,1-2H3,(H,21,22).